The van der Waals surface area contributed by atoms with Gasteiger partial charge >= 0.3 is 24.3 Å². The summed E-state index contributed by atoms with van der Waals surface area (Å²) < 4.78 is 78.8. The van der Waals surface area contributed by atoms with Crippen LogP contribution in [0.25, 0.3) is 10.9 Å². The number of anilines is 1. The molecule has 2 aromatic heterocycles. The summed E-state index contributed by atoms with van der Waals surface area (Å²) in [5.41, 5.74) is -0.126. The molecule has 1 unspecified atom stereocenters. The second kappa shape index (κ2) is 14.2. The van der Waals surface area contributed by atoms with Gasteiger partial charge in [-0.05, 0) is 60.1 Å². The molecule has 0 saturated carbocycles. The molecule has 20 heteroatoms. The monoisotopic (exact) mass is 796 g/mol. The second-order valence-electron chi connectivity index (χ2n) is 15.2. The number of aromatic nitrogens is 4. The van der Waals surface area contributed by atoms with E-state index in [2.05, 4.69) is 15.1 Å². The molecule has 5 rings (SSSR count). The molecule has 4 heterocycles. The number of carbonyl (C=O) groups is 3. The Hall–Kier alpha value is -4.70. The Bertz CT molecular complexity index is 2170. The fourth-order valence-electron chi connectivity index (χ4n) is 6.44. The van der Waals surface area contributed by atoms with E-state index in [0.717, 1.165) is 10.9 Å². The molecule has 54 heavy (non-hydrogen) atoms. The SMILES string of the molecule is Cc1cc2c(cnn2C(=O)OC(C)(C)C)c(C2Cc3nc(S(C)(=O)=O)nc(N4CCN(C(=O)C(F)(F)F)[C@@H](CC#N)C4)c3CN2C(=O)OC(C)(C)C)c1Cl. The molecule has 2 amide bonds. The van der Waals surface area contributed by atoms with Gasteiger partial charge in [0.25, 0.3) is 0 Å². The largest absolute Gasteiger partial charge is 0.471 e. The van der Waals surface area contributed by atoms with Gasteiger partial charge in [-0.3, -0.25) is 9.69 Å². The van der Waals surface area contributed by atoms with Crippen LogP contribution >= 0.6 is 11.6 Å². The molecule has 0 spiro atoms. The standard InChI is InChI=1S/C34H40ClF3N8O7S/c1-18-13-23-20(15-40-46(23)31(49)53-33(5,6)7)25(26(18)35)24-14-22-21(17-45(24)30(48)52-32(2,3)4)27(42-29(41-22)54(8,50)51)43-11-12-44(19(16-43)9-10-39)28(47)34(36,37)38/h13,15,19,24H,9,11-12,14,16-17H2,1-8H3/t19-,24?/m0/s1. The number of halogens is 4. The fourth-order valence-corrected chi connectivity index (χ4v) is 7.25. The Morgan fingerprint density at radius 3 is 2.22 bits per heavy atom. The van der Waals surface area contributed by atoms with E-state index in [1.807, 2.05) is 6.07 Å². The van der Waals surface area contributed by atoms with Crippen LogP contribution in [0.4, 0.5) is 28.6 Å². The van der Waals surface area contributed by atoms with E-state index in [-0.39, 0.29) is 48.2 Å². The highest BCUT2D eigenvalue weighted by Gasteiger charge is 2.47. The number of alkyl halides is 3. The van der Waals surface area contributed by atoms with Crippen molar-refractivity contribution in [3.63, 3.8) is 0 Å². The zero-order chi connectivity index (χ0) is 40.3. The Balaban J connectivity index is 1.69. The van der Waals surface area contributed by atoms with Crippen molar-refractivity contribution in [1.29, 1.82) is 5.26 Å². The van der Waals surface area contributed by atoms with Gasteiger partial charge in [0.2, 0.25) is 15.0 Å². The zero-order valence-electron chi connectivity index (χ0n) is 30.9. The molecule has 1 saturated heterocycles. The molecule has 0 radical (unpaired) electrons. The lowest BCUT2D eigenvalue weighted by Gasteiger charge is -2.43. The first-order valence-electron chi connectivity index (χ1n) is 16.8. The summed E-state index contributed by atoms with van der Waals surface area (Å²) in [6.45, 7) is 10.6. The Labute approximate surface area is 314 Å². The van der Waals surface area contributed by atoms with Crippen LogP contribution in [0.1, 0.15) is 76.4 Å². The van der Waals surface area contributed by atoms with Gasteiger partial charge in [-0.25, -0.2) is 28.0 Å². The predicted octanol–water partition coefficient (Wildman–Crippen LogP) is 5.50. The highest BCUT2D eigenvalue weighted by molar-refractivity contribution is 7.90. The molecule has 15 nitrogen and oxygen atoms in total. The van der Waals surface area contributed by atoms with Crippen molar-refractivity contribution in [2.45, 2.75) is 102 Å². The van der Waals surface area contributed by atoms with E-state index in [1.54, 1.807) is 54.5 Å². The number of nitriles is 1. The van der Waals surface area contributed by atoms with Crippen LogP contribution in [-0.2, 0) is 37.1 Å². The quantitative estimate of drug-likeness (QED) is 0.303. The number of ether oxygens (including phenoxy) is 2. The maximum absolute atomic E-state index is 14.1. The topological polar surface area (TPSA) is 181 Å². The van der Waals surface area contributed by atoms with Gasteiger partial charge < -0.3 is 19.3 Å². The Morgan fingerprint density at radius 1 is 1.02 bits per heavy atom. The molecule has 1 aromatic carbocycles. The molecule has 0 bridgehead atoms. The first kappa shape index (κ1) is 40.5. The minimum Gasteiger partial charge on any atom is -0.444 e. The zero-order valence-corrected chi connectivity index (χ0v) is 32.5. The lowest BCUT2D eigenvalue weighted by Crippen LogP contribution is -2.58. The molecule has 2 atom stereocenters. The molecule has 1 fully saturated rings. The molecular formula is C34H40ClF3N8O7S. The van der Waals surface area contributed by atoms with Gasteiger partial charge in [-0.15, -0.1) is 0 Å². The van der Waals surface area contributed by atoms with Crippen LogP contribution in [0.15, 0.2) is 17.4 Å². The van der Waals surface area contributed by atoms with E-state index < -0.39 is 75.5 Å². The van der Waals surface area contributed by atoms with E-state index in [4.69, 9.17) is 21.1 Å². The number of sulfone groups is 1. The van der Waals surface area contributed by atoms with Gasteiger partial charge in [0.1, 0.15) is 17.0 Å². The molecule has 292 valence electrons. The first-order valence-corrected chi connectivity index (χ1v) is 19.1. The molecular weight excluding hydrogens is 757 g/mol. The van der Waals surface area contributed by atoms with Crippen molar-refractivity contribution in [2.24, 2.45) is 0 Å². The summed E-state index contributed by atoms with van der Waals surface area (Å²) >= 11 is 7.00. The van der Waals surface area contributed by atoms with Crippen molar-refractivity contribution < 1.29 is 45.4 Å². The third kappa shape index (κ3) is 8.33. The number of hydrogen-bond acceptors (Lipinski definition) is 12. The third-order valence-corrected chi connectivity index (χ3v) is 9.99. The van der Waals surface area contributed by atoms with Gasteiger partial charge in [-0.1, -0.05) is 11.6 Å². The Kier molecular flexibility index (Phi) is 10.6. The smallest absolute Gasteiger partial charge is 0.444 e. The Morgan fingerprint density at radius 2 is 1.65 bits per heavy atom. The van der Waals surface area contributed by atoms with Gasteiger partial charge in [0.15, 0.2) is 0 Å². The van der Waals surface area contributed by atoms with Crippen LogP contribution in [0, 0.1) is 18.3 Å². The van der Waals surface area contributed by atoms with E-state index in [9.17, 15) is 41.2 Å². The van der Waals surface area contributed by atoms with Crippen LogP contribution in [0.2, 0.25) is 5.02 Å². The number of rotatable bonds is 4. The summed E-state index contributed by atoms with van der Waals surface area (Å²) in [5.74, 6) is -2.09. The summed E-state index contributed by atoms with van der Waals surface area (Å²) in [6.07, 6.45) is -5.01. The molecule has 2 aliphatic heterocycles. The minimum atomic E-state index is -5.18. The van der Waals surface area contributed by atoms with E-state index in [1.165, 1.54) is 16.0 Å². The number of amides is 2. The van der Waals surface area contributed by atoms with Gasteiger partial charge in [0, 0.05) is 53.8 Å². The van der Waals surface area contributed by atoms with Crippen molar-refractivity contribution in [3.8, 4) is 6.07 Å². The summed E-state index contributed by atoms with van der Waals surface area (Å²) in [7, 11) is -4.08. The minimum absolute atomic E-state index is 0.00714. The van der Waals surface area contributed by atoms with Crippen molar-refractivity contribution in [3.05, 3.63) is 39.7 Å². The summed E-state index contributed by atoms with van der Waals surface area (Å²) in [4.78, 5) is 51.8. The van der Waals surface area contributed by atoms with Crippen LogP contribution in [-0.4, -0.2) is 105 Å². The number of aryl methyl sites for hydroxylation is 1. The second-order valence-corrected chi connectivity index (χ2v) is 17.5. The van der Waals surface area contributed by atoms with Crippen LogP contribution in [0.5, 0.6) is 0 Å². The highest BCUT2D eigenvalue weighted by Crippen LogP contribution is 2.44. The number of nitrogens with zero attached hydrogens (tertiary/aromatic N) is 8. The lowest BCUT2D eigenvalue weighted by molar-refractivity contribution is -0.188. The predicted molar refractivity (Wildman–Crippen MR) is 188 cm³/mol. The number of fused-ring (bicyclic) bond motifs is 2. The molecule has 0 aliphatic carbocycles. The van der Waals surface area contributed by atoms with E-state index >= 15 is 0 Å². The maximum Gasteiger partial charge on any atom is 0.471 e. The van der Waals surface area contributed by atoms with Crippen LogP contribution in [0.3, 0.4) is 0 Å². The van der Waals surface area contributed by atoms with Gasteiger partial charge in [-0.2, -0.15) is 28.2 Å². The van der Waals surface area contributed by atoms with Crippen molar-refractivity contribution >= 4 is 56.3 Å². The average Bonchev–Trinajstić information content (AvgIpc) is 3.45. The van der Waals surface area contributed by atoms with Crippen molar-refractivity contribution in [2.75, 3.05) is 30.8 Å². The fraction of sp³-hybridized carbons (Fsp3) is 0.559. The van der Waals surface area contributed by atoms with Crippen LogP contribution < -0.4 is 4.90 Å². The summed E-state index contributed by atoms with van der Waals surface area (Å²) in [6, 6.07) is 1.28. The summed E-state index contributed by atoms with van der Waals surface area (Å²) in [5, 5.41) is 13.8. The first-order chi connectivity index (χ1) is 24.8. The number of piperazine rings is 1. The average molecular weight is 797 g/mol. The maximum atomic E-state index is 14.1. The number of benzene rings is 1. The van der Waals surface area contributed by atoms with E-state index in [0.29, 0.717) is 26.9 Å². The number of carbonyl (C=O) groups excluding carboxylic acids is 3. The molecule has 3 aromatic rings. The number of hydrogen-bond donors (Lipinski definition) is 0. The van der Waals surface area contributed by atoms with Gasteiger partial charge in [0.05, 0.1) is 48.5 Å². The third-order valence-electron chi connectivity index (χ3n) is 8.65. The normalized spacial score (nSPS) is 18.3. The molecule has 2 aliphatic rings. The van der Waals surface area contributed by atoms with Crippen molar-refractivity contribution in [1.82, 2.24) is 29.5 Å². The highest BCUT2D eigenvalue weighted by atomic mass is 35.5. The lowest BCUT2D eigenvalue weighted by atomic mass is 9.90. The molecule has 0 N–H and O–H groups in total.